The highest BCUT2D eigenvalue weighted by atomic mass is 16.4. The summed E-state index contributed by atoms with van der Waals surface area (Å²) in [7, 11) is 0. The van der Waals surface area contributed by atoms with Crippen LogP contribution in [0.1, 0.15) is 6.92 Å². The summed E-state index contributed by atoms with van der Waals surface area (Å²) in [5.74, 6) is -5.97. The molecule has 15 heteroatoms. The van der Waals surface area contributed by atoms with Crippen molar-refractivity contribution in [3.05, 3.63) is 60.7 Å². The van der Waals surface area contributed by atoms with E-state index in [1.807, 2.05) is 0 Å². The van der Waals surface area contributed by atoms with Crippen LogP contribution in [0.2, 0.25) is 0 Å². The number of nitrogens with zero attached hydrogens (tertiary/aromatic N) is 3. The van der Waals surface area contributed by atoms with E-state index in [9.17, 15) is 19.2 Å². The normalized spacial score (nSPS) is 15.8. The van der Waals surface area contributed by atoms with E-state index in [4.69, 9.17) is 45.8 Å². The molecule has 238 valence electrons. The van der Waals surface area contributed by atoms with Gasteiger partial charge in [-0.1, -0.05) is 55.5 Å². The summed E-state index contributed by atoms with van der Waals surface area (Å²) in [5.41, 5.74) is 3.60. The molecule has 2 aromatic carbocycles. The molecule has 2 heterocycles. The summed E-state index contributed by atoms with van der Waals surface area (Å²) in [6.45, 7) is 7.70. The van der Waals surface area contributed by atoms with Gasteiger partial charge in [0.15, 0.2) is 24.4 Å². The number of anilines is 1. The molecule has 0 amide bonds. The van der Waals surface area contributed by atoms with Gasteiger partial charge in [-0.25, -0.2) is 24.2 Å². The minimum Gasteiger partial charge on any atom is -0.479 e. The van der Waals surface area contributed by atoms with Crippen LogP contribution in [-0.2, 0) is 19.2 Å². The molecule has 4 rings (SSSR count). The number of para-hydroxylation sites is 1. The van der Waals surface area contributed by atoms with Crippen LogP contribution in [-0.4, -0.2) is 132 Å². The molecule has 0 aliphatic carbocycles. The smallest absolute Gasteiger partial charge is 0.335 e. The molecule has 0 bridgehead atoms. The minimum atomic E-state index is -2.27. The second kappa shape index (κ2) is 16.8. The average molecular weight is 618 g/mol. The van der Waals surface area contributed by atoms with E-state index >= 15 is 0 Å². The monoisotopic (exact) mass is 617 g/mol. The van der Waals surface area contributed by atoms with Crippen molar-refractivity contribution in [1.29, 1.82) is 0 Å². The summed E-state index contributed by atoms with van der Waals surface area (Å²) in [6.07, 6.45) is -9.06. The molecule has 1 aliphatic rings. The van der Waals surface area contributed by atoms with Crippen LogP contribution in [0.5, 0.6) is 0 Å². The van der Waals surface area contributed by atoms with Crippen molar-refractivity contribution in [3.63, 3.8) is 0 Å². The Hall–Kier alpha value is -4.67. The summed E-state index contributed by atoms with van der Waals surface area (Å²) in [6, 6.07) is 21.3. The highest BCUT2D eigenvalue weighted by Gasteiger charge is 2.30. The van der Waals surface area contributed by atoms with Crippen LogP contribution in [0.3, 0.4) is 0 Å². The van der Waals surface area contributed by atoms with Crippen molar-refractivity contribution >= 4 is 40.6 Å². The Balaban J connectivity index is 0.000000282. The Morgan fingerprint density at radius 2 is 1.11 bits per heavy atom. The summed E-state index contributed by atoms with van der Waals surface area (Å²) < 4.78 is 0. The summed E-state index contributed by atoms with van der Waals surface area (Å²) in [4.78, 5) is 48.9. The Labute approximate surface area is 251 Å². The lowest BCUT2D eigenvalue weighted by molar-refractivity contribution is -0.165. The van der Waals surface area contributed by atoms with Crippen LogP contribution in [0.4, 0.5) is 5.82 Å². The fourth-order valence-electron chi connectivity index (χ4n) is 4.01. The van der Waals surface area contributed by atoms with Crippen molar-refractivity contribution in [2.75, 3.05) is 37.6 Å². The van der Waals surface area contributed by atoms with Crippen molar-refractivity contribution < 1.29 is 60.0 Å². The predicted molar refractivity (Wildman–Crippen MR) is 156 cm³/mol. The van der Waals surface area contributed by atoms with Crippen LogP contribution in [0, 0.1) is 0 Å². The van der Waals surface area contributed by atoms with Crippen molar-refractivity contribution in [2.45, 2.75) is 31.3 Å². The zero-order valence-electron chi connectivity index (χ0n) is 23.7. The number of carboxylic acids is 4. The molecule has 44 heavy (non-hydrogen) atoms. The highest BCUT2D eigenvalue weighted by molar-refractivity contribution is 5.96. The zero-order valence-corrected chi connectivity index (χ0v) is 23.7. The number of fused-ring (bicyclic) bond motifs is 1. The first-order chi connectivity index (χ1) is 20.8. The van der Waals surface area contributed by atoms with E-state index in [2.05, 4.69) is 77.4 Å². The summed E-state index contributed by atoms with van der Waals surface area (Å²) >= 11 is 0. The third-order valence-corrected chi connectivity index (χ3v) is 6.54. The van der Waals surface area contributed by atoms with Crippen LogP contribution < -0.4 is 4.90 Å². The molecule has 1 aromatic heterocycles. The molecule has 8 N–H and O–H groups in total. The molecular weight excluding hydrogens is 582 g/mol. The van der Waals surface area contributed by atoms with Gasteiger partial charge < -0.3 is 50.7 Å². The van der Waals surface area contributed by atoms with E-state index in [1.165, 1.54) is 16.5 Å². The molecule has 4 unspecified atom stereocenters. The SMILES string of the molecule is CCN1CCN(c2cc(-c3ccccc3)c3ccccc3n2)CC1.O=C(O)C(O)C(O)C(=O)O.O=C(O)C(O)C(O)C(=O)O. The maximum absolute atomic E-state index is 9.77. The number of carbonyl (C=O) groups is 4. The van der Waals surface area contributed by atoms with Gasteiger partial charge in [0.25, 0.3) is 0 Å². The molecule has 0 spiro atoms. The highest BCUT2D eigenvalue weighted by Crippen LogP contribution is 2.31. The number of aliphatic carboxylic acids is 4. The predicted octanol–water partition coefficient (Wildman–Crippen LogP) is -0.201. The fourth-order valence-corrected chi connectivity index (χ4v) is 4.01. The number of piperazine rings is 1. The largest absolute Gasteiger partial charge is 0.479 e. The molecule has 0 saturated carbocycles. The number of aliphatic hydroxyl groups excluding tert-OH is 4. The van der Waals surface area contributed by atoms with Gasteiger partial charge in [-0.15, -0.1) is 0 Å². The number of likely N-dealkylation sites (N-methyl/N-ethyl adjacent to an activating group) is 1. The Morgan fingerprint density at radius 3 is 1.55 bits per heavy atom. The quantitative estimate of drug-likeness (QED) is 0.155. The van der Waals surface area contributed by atoms with Crippen LogP contribution in [0.15, 0.2) is 60.7 Å². The van der Waals surface area contributed by atoms with Gasteiger partial charge in [0.05, 0.1) is 5.52 Å². The molecule has 3 aromatic rings. The third kappa shape index (κ3) is 9.96. The number of aromatic nitrogens is 1. The molecule has 0 radical (unpaired) electrons. The Bertz CT molecular complexity index is 1340. The number of hydrogen-bond acceptors (Lipinski definition) is 11. The van der Waals surface area contributed by atoms with Crippen molar-refractivity contribution in [1.82, 2.24) is 9.88 Å². The molecule has 1 fully saturated rings. The molecule has 4 atom stereocenters. The molecule has 15 nitrogen and oxygen atoms in total. The molecule has 1 saturated heterocycles. The average Bonchev–Trinajstić information content (AvgIpc) is 3.03. The van der Waals surface area contributed by atoms with Gasteiger partial charge in [-0.2, -0.15) is 0 Å². The first-order valence-electron chi connectivity index (χ1n) is 13.3. The maximum Gasteiger partial charge on any atom is 0.335 e. The minimum absolute atomic E-state index is 1.05. The van der Waals surface area contributed by atoms with E-state index < -0.39 is 48.3 Å². The lowest BCUT2D eigenvalue weighted by Crippen LogP contribution is -2.46. The number of pyridine rings is 1. The Morgan fingerprint density at radius 1 is 0.682 bits per heavy atom. The van der Waals surface area contributed by atoms with Gasteiger partial charge >= 0.3 is 23.9 Å². The van der Waals surface area contributed by atoms with Gasteiger partial charge in [-0.3, -0.25) is 0 Å². The van der Waals surface area contributed by atoms with Gasteiger partial charge in [0.1, 0.15) is 5.82 Å². The standard InChI is InChI=1S/C21H23N3.2C4H6O6/c1-2-23-12-14-24(15-13-23)21-16-19(17-8-4-3-5-9-17)18-10-6-7-11-20(18)22-21;2*5-1(3(7)8)2(6)4(9)10/h3-11,16H,2,12-15H2,1H3;2*1-2,5-6H,(H,7,8)(H,9,10). The number of rotatable bonds is 9. The zero-order chi connectivity index (χ0) is 33.0. The van der Waals surface area contributed by atoms with Crippen LogP contribution >= 0.6 is 0 Å². The first kappa shape index (κ1) is 35.5. The summed E-state index contributed by atoms with van der Waals surface area (Å²) in [5, 5.41) is 66.3. The topological polar surface area (TPSA) is 249 Å². The van der Waals surface area contributed by atoms with E-state index in [0.717, 1.165) is 44.1 Å². The lowest BCUT2D eigenvalue weighted by atomic mass is 10.0. The van der Waals surface area contributed by atoms with Gasteiger partial charge in [0, 0.05) is 31.6 Å². The van der Waals surface area contributed by atoms with Crippen molar-refractivity contribution in [3.8, 4) is 11.1 Å². The van der Waals surface area contributed by atoms with Gasteiger partial charge in [-0.05, 0) is 29.8 Å². The van der Waals surface area contributed by atoms with E-state index in [1.54, 1.807) is 0 Å². The second-order valence-electron chi connectivity index (χ2n) is 9.46. The second-order valence-corrected chi connectivity index (χ2v) is 9.46. The van der Waals surface area contributed by atoms with E-state index in [-0.39, 0.29) is 0 Å². The first-order valence-corrected chi connectivity index (χ1v) is 13.3. The number of benzene rings is 2. The number of carboxylic acid groups (broad SMARTS) is 4. The van der Waals surface area contributed by atoms with Gasteiger partial charge in [0.2, 0.25) is 0 Å². The van der Waals surface area contributed by atoms with E-state index in [0.29, 0.717) is 0 Å². The van der Waals surface area contributed by atoms with Crippen molar-refractivity contribution in [2.24, 2.45) is 0 Å². The van der Waals surface area contributed by atoms with Crippen LogP contribution in [0.25, 0.3) is 22.0 Å². The third-order valence-electron chi connectivity index (χ3n) is 6.54. The molecular formula is C29H35N3O12. The number of hydrogen-bond donors (Lipinski definition) is 8. The Kier molecular flexibility index (Phi) is 13.6. The maximum atomic E-state index is 9.77. The fraction of sp³-hybridized carbons (Fsp3) is 0.345. The lowest BCUT2D eigenvalue weighted by Gasteiger charge is -2.35. The molecule has 1 aliphatic heterocycles. The number of aliphatic hydroxyl groups is 4.